The molecule has 0 bridgehead atoms. The van der Waals surface area contributed by atoms with Gasteiger partial charge in [0.2, 0.25) is 0 Å². The maximum atomic E-state index is 12.8. The van der Waals surface area contributed by atoms with Gasteiger partial charge in [-0.05, 0) is 77.0 Å². The number of aliphatic hydroxyl groups excluding tert-OH is 5. The van der Waals surface area contributed by atoms with E-state index in [9.17, 15) is 44.6 Å². The number of carbonyl (C=O) groups is 2. The predicted molar refractivity (Wildman–Crippen MR) is 230 cm³/mol. The molecule has 1 aliphatic carbocycles. The molecule has 0 spiro atoms. The second-order valence-corrected chi connectivity index (χ2v) is 17.0. The largest absolute Gasteiger partial charge is 0.472 e. The molecule has 1 aliphatic heterocycles. The number of aliphatic hydroxyl groups is 5. The van der Waals surface area contributed by atoms with E-state index >= 15 is 0 Å². The van der Waals surface area contributed by atoms with Gasteiger partial charge in [0.25, 0.3) is 0 Å². The number of ether oxygens (including phenoxy) is 3. The Kier molecular flexibility index (Phi) is 28.8. The minimum Gasteiger partial charge on any atom is -0.462 e. The predicted octanol–water partition coefficient (Wildman–Crippen LogP) is 7.15. The van der Waals surface area contributed by atoms with Crippen LogP contribution in [0.5, 0.6) is 0 Å². The van der Waals surface area contributed by atoms with Crippen LogP contribution in [-0.2, 0) is 37.4 Å². The van der Waals surface area contributed by atoms with Crippen molar-refractivity contribution in [3.05, 3.63) is 60.8 Å². The third-order valence-corrected chi connectivity index (χ3v) is 11.2. The van der Waals surface area contributed by atoms with Crippen LogP contribution in [0.1, 0.15) is 142 Å². The van der Waals surface area contributed by atoms with Crippen LogP contribution in [0.25, 0.3) is 0 Å². The van der Waals surface area contributed by atoms with Crippen molar-refractivity contribution in [3.63, 3.8) is 0 Å². The van der Waals surface area contributed by atoms with Crippen LogP contribution in [0.15, 0.2) is 60.8 Å². The Morgan fingerprint density at radius 2 is 1.13 bits per heavy atom. The summed E-state index contributed by atoms with van der Waals surface area (Å²) in [6.45, 7) is 3.11. The Balaban J connectivity index is 1.77. The number of hydrogen-bond donors (Lipinski definition) is 6. The lowest BCUT2D eigenvalue weighted by atomic mass is 9.85. The van der Waals surface area contributed by atoms with Crippen LogP contribution in [0.3, 0.4) is 0 Å². The normalized spacial score (nSPS) is 26.1. The standard InChI is InChI=1S/C45H75O14P/c1-3-5-7-9-11-13-15-17-19-21-23-25-27-31-38(46)55-33-35(34-56-60(53,54)59-45-43(51)41(49)40(48)42(50)44(45)52)57-39(47)32-28-30-37-36(58-37)29-26-24-22-20-18-16-14-12-10-8-6-4-2/h7,9,12-15,18,20,24,26,35-37,40-45,48-52H,3-6,8,10-11,16-17,19,21-23,25,27-34H2,1-2H3,(H,53,54)/b9-7-,14-12-,15-13-,20-18-,26-24-/t35-,36?,37?,40?,41-,42+,43-,44-,45?/m1/s1. The lowest BCUT2D eigenvalue weighted by Gasteiger charge is -2.41. The first-order valence-corrected chi connectivity index (χ1v) is 23.7. The summed E-state index contributed by atoms with van der Waals surface area (Å²) in [5.74, 6) is -1.20. The van der Waals surface area contributed by atoms with E-state index in [0.717, 1.165) is 77.0 Å². The zero-order valence-electron chi connectivity index (χ0n) is 35.9. The zero-order valence-corrected chi connectivity index (χ0v) is 36.8. The van der Waals surface area contributed by atoms with Gasteiger partial charge in [-0.2, -0.15) is 0 Å². The molecule has 0 aromatic carbocycles. The molecule has 15 heteroatoms. The van der Waals surface area contributed by atoms with E-state index in [0.29, 0.717) is 19.3 Å². The van der Waals surface area contributed by atoms with Crippen LogP contribution in [0, 0.1) is 0 Å². The first-order chi connectivity index (χ1) is 28.9. The molecule has 0 aromatic heterocycles. The molecule has 1 heterocycles. The van der Waals surface area contributed by atoms with Crippen molar-refractivity contribution < 1.29 is 67.8 Å². The molecule has 0 radical (unpaired) electrons. The van der Waals surface area contributed by atoms with Crippen LogP contribution in [0.2, 0.25) is 0 Å². The highest BCUT2D eigenvalue weighted by atomic mass is 31.2. The molecule has 6 N–H and O–H groups in total. The molecule has 2 fully saturated rings. The van der Waals surface area contributed by atoms with Crippen LogP contribution in [-0.4, -0.2) is 111 Å². The van der Waals surface area contributed by atoms with Gasteiger partial charge >= 0.3 is 19.8 Å². The Labute approximate surface area is 358 Å². The Hall–Kier alpha value is -2.49. The minimum absolute atomic E-state index is 0.00234. The highest BCUT2D eigenvalue weighted by molar-refractivity contribution is 7.47. The van der Waals surface area contributed by atoms with E-state index in [-0.39, 0.29) is 25.0 Å². The number of allylic oxidation sites excluding steroid dienone is 9. The summed E-state index contributed by atoms with van der Waals surface area (Å²) in [4.78, 5) is 35.7. The maximum Gasteiger partial charge on any atom is 0.472 e. The molecule has 10 atom stereocenters. The van der Waals surface area contributed by atoms with Crippen molar-refractivity contribution in [2.75, 3.05) is 13.2 Å². The molecule has 1 saturated heterocycles. The summed E-state index contributed by atoms with van der Waals surface area (Å²) >= 11 is 0. The molecule has 1 saturated carbocycles. The summed E-state index contributed by atoms with van der Waals surface area (Å²) in [6, 6.07) is 0. The Morgan fingerprint density at radius 1 is 0.600 bits per heavy atom. The number of hydrogen-bond acceptors (Lipinski definition) is 13. The molecule has 2 rings (SSSR count). The molecule has 5 unspecified atom stereocenters. The van der Waals surface area contributed by atoms with Crippen LogP contribution >= 0.6 is 7.82 Å². The van der Waals surface area contributed by atoms with E-state index < -0.39 is 75.7 Å². The van der Waals surface area contributed by atoms with Gasteiger partial charge in [-0.15, -0.1) is 0 Å². The summed E-state index contributed by atoms with van der Waals surface area (Å²) in [5.41, 5.74) is 0. The second-order valence-electron chi connectivity index (χ2n) is 15.6. The van der Waals surface area contributed by atoms with Gasteiger partial charge in [-0.25, -0.2) is 4.57 Å². The van der Waals surface area contributed by atoms with Gasteiger partial charge in [-0.1, -0.05) is 113 Å². The van der Waals surface area contributed by atoms with Crippen LogP contribution < -0.4 is 0 Å². The van der Waals surface area contributed by atoms with Crippen molar-refractivity contribution >= 4 is 19.8 Å². The molecular weight excluding hydrogens is 795 g/mol. The van der Waals surface area contributed by atoms with Gasteiger partial charge in [0.15, 0.2) is 6.10 Å². The highest BCUT2D eigenvalue weighted by Gasteiger charge is 2.51. The van der Waals surface area contributed by atoms with Crippen molar-refractivity contribution in [2.24, 2.45) is 0 Å². The molecule has 0 amide bonds. The van der Waals surface area contributed by atoms with Crippen molar-refractivity contribution in [1.29, 1.82) is 0 Å². The summed E-state index contributed by atoms with van der Waals surface area (Å²) < 4.78 is 39.2. The van der Waals surface area contributed by atoms with E-state index in [1.807, 2.05) is 0 Å². The number of epoxide rings is 1. The molecule has 344 valence electrons. The Morgan fingerprint density at radius 3 is 1.77 bits per heavy atom. The fraction of sp³-hybridized carbons (Fsp3) is 0.733. The fourth-order valence-corrected chi connectivity index (χ4v) is 7.50. The number of phosphoric acid groups is 1. The maximum absolute atomic E-state index is 12.8. The van der Waals surface area contributed by atoms with Gasteiger partial charge in [0, 0.05) is 12.8 Å². The van der Waals surface area contributed by atoms with Gasteiger partial charge < -0.3 is 44.6 Å². The molecule has 0 aromatic rings. The lowest BCUT2D eigenvalue weighted by Crippen LogP contribution is -2.64. The third kappa shape index (κ3) is 24.2. The molecule has 2 aliphatic rings. The van der Waals surface area contributed by atoms with Gasteiger partial charge in [0.1, 0.15) is 43.2 Å². The van der Waals surface area contributed by atoms with Crippen molar-refractivity contribution in [2.45, 2.75) is 197 Å². The van der Waals surface area contributed by atoms with Gasteiger partial charge in [-0.3, -0.25) is 18.6 Å². The topological polar surface area (TPSA) is 222 Å². The zero-order chi connectivity index (χ0) is 44.0. The molecule has 14 nitrogen and oxygen atoms in total. The number of esters is 2. The van der Waals surface area contributed by atoms with Gasteiger partial charge in [0.05, 0.1) is 18.8 Å². The smallest absolute Gasteiger partial charge is 0.462 e. The fourth-order valence-electron chi connectivity index (χ4n) is 6.53. The number of unbranched alkanes of at least 4 members (excludes halogenated alkanes) is 9. The first kappa shape index (κ1) is 53.6. The minimum atomic E-state index is -5.15. The summed E-state index contributed by atoms with van der Waals surface area (Å²) in [5, 5.41) is 50.1. The van der Waals surface area contributed by atoms with Crippen LogP contribution in [0.4, 0.5) is 0 Å². The molecule has 60 heavy (non-hydrogen) atoms. The highest BCUT2D eigenvalue weighted by Crippen LogP contribution is 2.47. The quantitative estimate of drug-likeness (QED) is 0.0124. The van der Waals surface area contributed by atoms with E-state index in [1.165, 1.54) is 19.3 Å². The second kappa shape index (κ2) is 32.2. The summed E-state index contributed by atoms with van der Waals surface area (Å²) in [7, 11) is -5.15. The van der Waals surface area contributed by atoms with E-state index in [1.54, 1.807) is 0 Å². The van der Waals surface area contributed by atoms with E-state index in [2.05, 4.69) is 74.6 Å². The number of phosphoric ester groups is 1. The first-order valence-electron chi connectivity index (χ1n) is 22.2. The average molecular weight is 871 g/mol. The molecular formula is C45H75O14P. The SMILES string of the molecule is CCC/C=C\C/C=C\CCCCCCCC(=O)OC[C@H](COP(=O)(O)OC1[C@H](O)[C@H](O)C(O)[C@H](O)[C@H]1O)OC(=O)CCCC1OC1C/C=C\C/C=C\C/C=C\CCCCC. The third-order valence-electron chi connectivity index (χ3n) is 10.2. The van der Waals surface area contributed by atoms with E-state index in [4.69, 9.17) is 23.3 Å². The van der Waals surface area contributed by atoms with Crippen molar-refractivity contribution in [3.8, 4) is 0 Å². The van der Waals surface area contributed by atoms with Crippen molar-refractivity contribution in [1.82, 2.24) is 0 Å². The lowest BCUT2D eigenvalue weighted by molar-refractivity contribution is -0.220. The monoisotopic (exact) mass is 870 g/mol. The Bertz CT molecular complexity index is 1350. The number of carbonyl (C=O) groups excluding carboxylic acids is 2. The number of rotatable bonds is 34. The summed E-state index contributed by atoms with van der Waals surface area (Å²) in [6.07, 6.45) is 25.8. The average Bonchev–Trinajstić information content (AvgIpc) is 3.98.